The van der Waals surface area contributed by atoms with E-state index in [0.29, 0.717) is 23.8 Å². The molecule has 0 saturated heterocycles. The van der Waals surface area contributed by atoms with Crippen LogP contribution in [0.4, 0.5) is 13.2 Å². The molecule has 34 heavy (non-hydrogen) atoms. The van der Waals surface area contributed by atoms with Crippen molar-refractivity contribution in [3.63, 3.8) is 0 Å². The quantitative estimate of drug-likeness (QED) is 0.348. The van der Waals surface area contributed by atoms with Crippen LogP contribution in [-0.2, 0) is 12.6 Å². The monoisotopic (exact) mass is 478 g/mol. The molecule has 2 aromatic carbocycles. The number of aromatic nitrogens is 2. The average molecular weight is 479 g/mol. The maximum atomic E-state index is 12.7. The standard InChI is InChI=1S/C24H27F3N2O.C2H6.CH4O/c1-4-16(3)12-13-30-22-11-10-20(14-17(22)5-2)18-6-8-19(9-7-18)21-15-28-23(29-21)24(25,26)27;2*1-2/h6-11,14-16H,4-5,12-13H2,1-3H3,(H,28,29);1-2H3;2H,1H3. The Morgan fingerprint density at radius 2 is 1.56 bits per heavy atom. The molecule has 0 bridgehead atoms. The number of alkyl halides is 3. The van der Waals surface area contributed by atoms with Gasteiger partial charge in [-0.1, -0.05) is 71.4 Å². The van der Waals surface area contributed by atoms with Crippen molar-refractivity contribution in [1.29, 1.82) is 0 Å². The second-order valence-electron chi connectivity index (χ2n) is 7.55. The fourth-order valence-electron chi connectivity index (χ4n) is 3.20. The van der Waals surface area contributed by atoms with Gasteiger partial charge in [0.2, 0.25) is 5.82 Å². The van der Waals surface area contributed by atoms with Gasteiger partial charge in [0.05, 0.1) is 18.5 Å². The third-order valence-corrected chi connectivity index (χ3v) is 5.38. The Kier molecular flexibility index (Phi) is 12.4. The lowest BCUT2D eigenvalue weighted by molar-refractivity contribution is -0.144. The van der Waals surface area contributed by atoms with E-state index in [1.807, 2.05) is 38.1 Å². The Hall–Kier alpha value is -2.80. The number of hydrogen-bond acceptors (Lipinski definition) is 3. The third-order valence-electron chi connectivity index (χ3n) is 5.38. The van der Waals surface area contributed by atoms with Crippen LogP contribution in [0.15, 0.2) is 48.7 Å². The first-order valence-corrected chi connectivity index (χ1v) is 11.7. The zero-order valence-corrected chi connectivity index (χ0v) is 21.0. The second kappa shape index (κ2) is 14.5. The minimum Gasteiger partial charge on any atom is -0.493 e. The lowest BCUT2D eigenvalue weighted by Crippen LogP contribution is -2.07. The Bertz CT molecular complexity index is 967. The molecular weight excluding hydrogens is 441 g/mol. The summed E-state index contributed by atoms with van der Waals surface area (Å²) in [5.41, 5.74) is 4.18. The molecule has 3 aromatic rings. The summed E-state index contributed by atoms with van der Waals surface area (Å²) in [6.07, 6.45) is -0.230. The molecule has 0 aliphatic rings. The number of rotatable bonds is 8. The van der Waals surface area contributed by atoms with Crippen molar-refractivity contribution in [2.45, 2.75) is 60.1 Å². The fraction of sp³-hybridized carbons (Fsp3) is 0.444. The van der Waals surface area contributed by atoms with Gasteiger partial charge in [0.1, 0.15) is 5.75 Å². The number of imidazole rings is 1. The molecule has 0 spiro atoms. The van der Waals surface area contributed by atoms with E-state index in [1.165, 1.54) is 6.20 Å². The second-order valence-corrected chi connectivity index (χ2v) is 7.55. The summed E-state index contributed by atoms with van der Waals surface area (Å²) in [4.78, 5) is 5.76. The number of nitrogens with one attached hydrogen (secondary N) is 1. The highest BCUT2D eigenvalue weighted by Crippen LogP contribution is 2.31. The maximum Gasteiger partial charge on any atom is 0.449 e. The van der Waals surface area contributed by atoms with Gasteiger partial charge < -0.3 is 14.8 Å². The highest BCUT2D eigenvalue weighted by molar-refractivity contribution is 5.70. The van der Waals surface area contributed by atoms with Crippen molar-refractivity contribution in [3.8, 4) is 28.1 Å². The summed E-state index contributed by atoms with van der Waals surface area (Å²) in [5, 5.41) is 7.00. The number of ether oxygens (including phenoxy) is 1. The first kappa shape index (κ1) is 29.2. The fourth-order valence-corrected chi connectivity index (χ4v) is 3.20. The van der Waals surface area contributed by atoms with Crippen molar-refractivity contribution in [3.05, 3.63) is 60.0 Å². The highest BCUT2D eigenvalue weighted by atomic mass is 19.4. The molecule has 0 fully saturated rings. The Labute approximate surface area is 201 Å². The van der Waals surface area contributed by atoms with Gasteiger partial charge >= 0.3 is 6.18 Å². The molecule has 2 N–H and O–H groups in total. The summed E-state index contributed by atoms with van der Waals surface area (Å²) in [6.45, 7) is 11.2. The Balaban J connectivity index is 0.00000137. The van der Waals surface area contributed by atoms with Crippen LogP contribution in [0, 0.1) is 5.92 Å². The summed E-state index contributed by atoms with van der Waals surface area (Å²) in [6, 6.07) is 13.5. The number of halogens is 3. The van der Waals surface area contributed by atoms with Crippen LogP contribution in [0.3, 0.4) is 0 Å². The third kappa shape index (κ3) is 8.20. The van der Waals surface area contributed by atoms with E-state index < -0.39 is 12.0 Å². The van der Waals surface area contributed by atoms with Gasteiger partial charge in [0.25, 0.3) is 0 Å². The van der Waals surface area contributed by atoms with Gasteiger partial charge in [-0.3, -0.25) is 0 Å². The molecule has 0 aliphatic carbocycles. The van der Waals surface area contributed by atoms with Crippen LogP contribution in [0.2, 0.25) is 0 Å². The molecule has 1 atom stereocenters. The van der Waals surface area contributed by atoms with Crippen molar-refractivity contribution >= 4 is 0 Å². The minimum atomic E-state index is -4.48. The summed E-state index contributed by atoms with van der Waals surface area (Å²) in [7, 11) is 1.00. The molecule has 0 radical (unpaired) electrons. The van der Waals surface area contributed by atoms with Gasteiger partial charge in [-0.25, -0.2) is 4.98 Å². The topological polar surface area (TPSA) is 58.1 Å². The first-order chi connectivity index (χ1) is 16.3. The van der Waals surface area contributed by atoms with Gasteiger partial charge in [-0.2, -0.15) is 13.2 Å². The molecule has 1 aromatic heterocycles. The van der Waals surface area contributed by atoms with Gasteiger partial charge in [-0.05, 0) is 53.1 Å². The number of hydrogen-bond donors (Lipinski definition) is 2. The molecule has 7 heteroatoms. The number of H-pyrrole nitrogens is 1. The van der Waals surface area contributed by atoms with E-state index in [1.54, 1.807) is 12.1 Å². The van der Waals surface area contributed by atoms with E-state index in [4.69, 9.17) is 9.84 Å². The van der Waals surface area contributed by atoms with Crippen LogP contribution in [0.1, 0.15) is 58.8 Å². The molecule has 1 heterocycles. The maximum absolute atomic E-state index is 12.7. The van der Waals surface area contributed by atoms with Crippen molar-refractivity contribution in [2.75, 3.05) is 13.7 Å². The van der Waals surface area contributed by atoms with Gasteiger partial charge in [0, 0.05) is 7.11 Å². The van der Waals surface area contributed by atoms with Crippen molar-refractivity contribution < 1.29 is 23.0 Å². The Morgan fingerprint density at radius 1 is 0.971 bits per heavy atom. The average Bonchev–Trinajstić information content (AvgIpc) is 3.38. The van der Waals surface area contributed by atoms with Crippen molar-refractivity contribution in [1.82, 2.24) is 9.97 Å². The van der Waals surface area contributed by atoms with E-state index in [0.717, 1.165) is 48.8 Å². The molecule has 0 saturated carbocycles. The Morgan fingerprint density at radius 3 is 2.09 bits per heavy atom. The van der Waals surface area contributed by atoms with Crippen molar-refractivity contribution in [2.24, 2.45) is 5.92 Å². The first-order valence-electron chi connectivity index (χ1n) is 11.7. The van der Waals surface area contributed by atoms with Gasteiger partial charge in [0.15, 0.2) is 0 Å². The molecule has 4 nitrogen and oxygen atoms in total. The number of aliphatic hydroxyl groups excluding tert-OH is 1. The van der Waals surface area contributed by atoms with Crippen LogP contribution in [-0.4, -0.2) is 28.8 Å². The SMILES string of the molecule is CC.CCc1cc(-c2ccc(-c3cnc(C(F)(F)F)[nH]3)cc2)ccc1OCCC(C)CC.CO. The lowest BCUT2D eigenvalue weighted by Gasteiger charge is -2.14. The van der Waals surface area contributed by atoms with Crippen LogP contribution in [0.5, 0.6) is 5.75 Å². The van der Waals surface area contributed by atoms with Gasteiger partial charge in [-0.15, -0.1) is 0 Å². The predicted octanol–water partition coefficient (Wildman–Crippen LogP) is 7.77. The van der Waals surface area contributed by atoms with Crippen LogP contribution in [0.25, 0.3) is 22.4 Å². The number of benzene rings is 2. The number of aryl methyl sites for hydroxylation is 1. The summed E-state index contributed by atoms with van der Waals surface area (Å²) in [5.74, 6) is 0.575. The van der Waals surface area contributed by atoms with E-state index in [-0.39, 0.29) is 0 Å². The minimum absolute atomic E-state index is 0.341. The molecule has 0 aliphatic heterocycles. The number of nitrogens with zero attached hydrogens (tertiary/aromatic N) is 1. The van der Waals surface area contributed by atoms with Crippen LogP contribution >= 0.6 is 0 Å². The zero-order chi connectivity index (χ0) is 25.7. The summed E-state index contributed by atoms with van der Waals surface area (Å²) >= 11 is 0. The van der Waals surface area contributed by atoms with E-state index in [9.17, 15) is 13.2 Å². The smallest absolute Gasteiger partial charge is 0.449 e. The highest BCUT2D eigenvalue weighted by Gasteiger charge is 2.34. The largest absolute Gasteiger partial charge is 0.493 e. The molecule has 0 amide bonds. The number of aliphatic hydroxyl groups is 1. The van der Waals surface area contributed by atoms with Crippen LogP contribution < -0.4 is 4.74 Å². The molecular formula is C27H37F3N2O2. The lowest BCUT2D eigenvalue weighted by atomic mass is 9.99. The molecule has 1 unspecified atom stereocenters. The molecule has 188 valence electrons. The zero-order valence-electron chi connectivity index (χ0n) is 21.0. The number of aromatic amines is 1. The molecule has 3 rings (SSSR count). The predicted molar refractivity (Wildman–Crippen MR) is 133 cm³/mol. The summed E-state index contributed by atoms with van der Waals surface area (Å²) < 4.78 is 44.2. The normalized spacial score (nSPS) is 11.6. The van der Waals surface area contributed by atoms with E-state index >= 15 is 0 Å². The van der Waals surface area contributed by atoms with E-state index in [2.05, 4.69) is 36.8 Å².